The van der Waals surface area contributed by atoms with Crippen LogP contribution in [0.3, 0.4) is 0 Å². The molecule has 5 heteroatoms. The van der Waals surface area contributed by atoms with E-state index in [0.717, 1.165) is 25.8 Å². The summed E-state index contributed by atoms with van der Waals surface area (Å²) < 4.78 is 5.37. The normalized spacial score (nSPS) is 27.4. The molecule has 5 nitrogen and oxygen atoms in total. The van der Waals surface area contributed by atoms with Crippen LogP contribution in [0.15, 0.2) is 0 Å². The first-order chi connectivity index (χ1) is 10.7. The van der Waals surface area contributed by atoms with E-state index in [9.17, 15) is 4.79 Å². The van der Waals surface area contributed by atoms with Gasteiger partial charge in [0.2, 0.25) is 0 Å². The molecule has 0 aromatic carbocycles. The average molecular weight is 325 g/mol. The van der Waals surface area contributed by atoms with Crippen molar-refractivity contribution in [1.82, 2.24) is 15.5 Å². The predicted octanol–water partition coefficient (Wildman–Crippen LogP) is 2.90. The van der Waals surface area contributed by atoms with E-state index in [0.29, 0.717) is 11.6 Å². The molecule has 23 heavy (non-hydrogen) atoms. The SMILES string of the molecule is CN(C)C1(CNC2CCCC(NC(=O)OC(C)(C)C)C2)CCC1. The van der Waals surface area contributed by atoms with Crippen molar-refractivity contribution in [1.29, 1.82) is 0 Å². The molecule has 2 aliphatic rings. The Labute approximate surface area is 141 Å². The molecule has 0 radical (unpaired) electrons. The van der Waals surface area contributed by atoms with Crippen molar-refractivity contribution in [2.24, 2.45) is 0 Å². The van der Waals surface area contributed by atoms with E-state index in [1.807, 2.05) is 20.8 Å². The molecule has 2 rings (SSSR count). The molecular weight excluding hydrogens is 290 g/mol. The zero-order chi connectivity index (χ0) is 17.1. The van der Waals surface area contributed by atoms with Crippen LogP contribution >= 0.6 is 0 Å². The monoisotopic (exact) mass is 325 g/mol. The fourth-order valence-electron chi connectivity index (χ4n) is 3.68. The van der Waals surface area contributed by atoms with Gasteiger partial charge >= 0.3 is 6.09 Å². The smallest absolute Gasteiger partial charge is 0.407 e. The predicted molar refractivity (Wildman–Crippen MR) is 93.7 cm³/mol. The van der Waals surface area contributed by atoms with Gasteiger partial charge in [-0.25, -0.2) is 4.79 Å². The van der Waals surface area contributed by atoms with Crippen molar-refractivity contribution >= 4 is 6.09 Å². The van der Waals surface area contributed by atoms with Crippen molar-refractivity contribution in [2.45, 2.75) is 88.9 Å². The van der Waals surface area contributed by atoms with E-state index in [1.54, 1.807) is 0 Å². The Kier molecular flexibility index (Phi) is 5.95. The highest BCUT2D eigenvalue weighted by molar-refractivity contribution is 5.68. The van der Waals surface area contributed by atoms with E-state index >= 15 is 0 Å². The van der Waals surface area contributed by atoms with Gasteiger partial charge in [-0.15, -0.1) is 0 Å². The largest absolute Gasteiger partial charge is 0.444 e. The summed E-state index contributed by atoms with van der Waals surface area (Å²) >= 11 is 0. The maximum Gasteiger partial charge on any atom is 0.407 e. The number of hydrogen-bond acceptors (Lipinski definition) is 4. The molecule has 0 bridgehead atoms. The average Bonchev–Trinajstić information content (AvgIpc) is 2.34. The molecule has 2 fully saturated rings. The Hall–Kier alpha value is -0.810. The van der Waals surface area contributed by atoms with Gasteiger partial charge in [0.15, 0.2) is 0 Å². The molecule has 0 saturated heterocycles. The van der Waals surface area contributed by atoms with Crippen molar-refractivity contribution < 1.29 is 9.53 Å². The summed E-state index contributed by atoms with van der Waals surface area (Å²) in [6, 6.07) is 0.730. The van der Waals surface area contributed by atoms with Gasteiger partial charge in [0.05, 0.1) is 0 Å². The van der Waals surface area contributed by atoms with E-state index < -0.39 is 5.60 Å². The topological polar surface area (TPSA) is 53.6 Å². The number of nitrogens with zero attached hydrogens (tertiary/aromatic N) is 1. The summed E-state index contributed by atoms with van der Waals surface area (Å²) in [5.41, 5.74) is -0.0791. The van der Waals surface area contributed by atoms with Crippen LogP contribution in [0, 0.1) is 0 Å². The van der Waals surface area contributed by atoms with Gasteiger partial charge in [0.25, 0.3) is 0 Å². The van der Waals surface area contributed by atoms with Crippen LogP contribution in [0.4, 0.5) is 4.79 Å². The third-order valence-electron chi connectivity index (χ3n) is 5.35. The second-order valence-corrected chi connectivity index (χ2v) is 8.56. The van der Waals surface area contributed by atoms with Gasteiger partial charge in [-0.05, 0) is 79.8 Å². The second kappa shape index (κ2) is 7.39. The molecular formula is C18H35N3O2. The number of carbonyl (C=O) groups excluding carboxylic acids is 1. The Morgan fingerprint density at radius 3 is 2.35 bits per heavy atom. The summed E-state index contributed by atoms with van der Waals surface area (Å²) in [7, 11) is 4.38. The lowest BCUT2D eigenvalue weighted by atomic mass is 9.75. The molecule has 2 aliphatic carbocycles. The molecule has 0 aromatic heterocycles. The fraction of sp³-hybridized carbons (Fsp3) is 0.944. The van der Waals surface area contributed by atoms with Gasteiger partial charge in [-0.3, -0.25) is 0 Å². The lowest BCUT2D eigenvalue weighted by Crippen LogP contribution is -2.58. The zero-order valence-corrected chi connectivity index (χ0v) is 15.6. The fourth-order valence-corrected chi connectivity index (χ4v) is 3.68. The van der Waals surface area contributed by atoms with Gasteiger partial charge in [-0.1, -0.05) is 0 Å². The molecule has 2 unspecified atom stereocenters. The lowest BCUT2D eigenvalue weighted by Gasteiger charge is -2.48. The Morgan fingerprint density at radius 1 is 1.17 bits per heavy atom. The van der Waals surface area contributed by atoms with Gasteiger partial charge in [-0.2, -0.15) is 0 Å². The van der Waals surface area contributed by atoms with E-state index in [1.165, 1.54) is 25.7 Å². The third kappa shape index (κ3) is 5.35. The number of carbonyl (C=O) groups is 1. The number of rotatable bonds is 5. The first-order valence-corrected chi connectivity index (χ1v) is 9.10. The van der Waals surface area contributed by atoms with Crippen LogP contribution in [0.1, 0.15) is 65.7 Å². The molecule has 0 heterocycles. The minimum Gasteiger partial charge on any atom is -0.444 e. The van der Waals surface area contributed by atoms with Crippen molar-refractivity contribution in [3.05, 3.63) is 0 Å². The number of amides is 1. The summed E-state index contributed by atoms with van der Waals surface area (Å²) in [4.78, 5) is 14.3. The van der Waals surface area contributed by atoms with E-state index in [2.05, 4.69) is 29.6 Å². The first-order valence-electron chi connectivity index (χ1n) is 9.10. The number of alkyl carbamates (subject to hydrolysis) is 1. The number of hydrogen-bond donors (Lipinski definition) is 2. The highest BCUT2D eigenvalue weighted by Crippen LogP contribution is 2.35. The second-order valence-electron chi connectivity index (χ2n) is 8.56. The molecule has 0 spiro atoms. The first kappa shape index (κ1) is 18.5. The molecule has 0 aromatic rings. The van der Waals surface area contributed by atoms with Crippen LogP contribution < -0.4 is 10.6 Å². The Bertz CT molecular complexity index is 400. The highest BCUT2D eigenvalue weighted by atomic mass is 16.6. The van der Waals surface area contributed by atoms with Crippen LogP contribution in [-0.2, 0) is 4.74 Å². The van der Waals surface area contributed by atoms with Crippen LogP contribution in [0.25, 0.3) is 0 Å². The number of likely N-dealkylation sites (N-methyl/N-ethyl adjacent to an activating group) is 1. The summed E-state index contributed by atoms with van der Waals surface area (Å²) in [6.45, 7) is 6.76. The molecule has 1 amide bonds. The third-order valence-corrected chi connectivity index (χ3v) is 5.35. The van der Waals surface area contributed by atoms with Crippen LogP contribution in [0.5, 0.6) is 0 Å². The maximum absolute atomic E-state index is 11.9. The quantitative estimate of drug-likeness (QED) is 0.816. The summed E-state index contributed by atoms with van der Waals surface area (Å²) in [6.07, 6.45) is 8.06. The molecule has 134 valence electrons. The molecule has 2 atom stereocenters. The van der Waals surface area contributed by atoms with Crippen LogP contribution in [0.2, 0.25) is 0 Å². The highest BCUT2D eigenvalue weighted by Gasteiger charge is 2.39. The van der Waals surface area contributed by atoms with Crippen molar-refractivity contribution in [2.75, 3.05) is 20.6 Å². The molecule has 0 aliphatic heterocycles. The van der Waals surface area contributed by atoms with Gasteiger partial charge in [0.1, 0.15) is 5.60 Å². The number of ether oxygens (including phenoxy) is 1. The summed E-state index contributed by atoms with van der Waals surface area (Å²) in [5, 5.41) is 6.81. The maximum atomic E-state index is 11.9. The molecule has 2 saturated carbocycles. The molecule has 2 N–H and O–H groups in total. The van der Waals surface area contributed by atoms with Crippen LogP contribution in [-0.4, -0.2) is 54.9 Å². The standard InChI is InChI=1S/C18H35N3O2/c1-17(2,3)23-16(22)20-15-9-6-8-14(12-15)19-13-18(21(4)5)10-7-11-18/h14-15,19H,6-13H2,1-5H3,(H,20,22). The minimum absolute atomic E-state index is 0.229. The zero-order valence-electron chi connectivity index (χ0n) is 15.6. The van der Waals surface area contributed by atoms with Gasteiger partial charge < -0.3 is 20.3 Å². The van der Waals surface area contributed by atoms with E-state index in [-0.39, 0.29) is 12.1 Å². The number of nitrogens with one attached hydrogen (secondary N) is 2. The van der Waals surface area contributed by atoms with Crippen molar-refractivity contribution in [3.8, 4) is 0 Å². The minimum atomic E-state index is -0.432. The van der Waals surface area contributed by atoms with Gasteiger partial charge in [0, 0.05) is 24.2 Å². The van der Waals surface area contributed by atoms with E-state index in [4.69, 9.17) is 4.74 Å². The Morgan fingerprint density at radius 2 is 1.83 bits per heavy atom. The Balaban J connectivity index is 1.76. The summed E-state index contributed by atoms with van der Waals surface area (Å²) in [5.74, 6) is 0. The lowest BCUT2D eigenvalue weighted by molar-refractivity contribution is 0.0464. The van der Waals surface area contributed by atoms with Crippen molar-refractivity contribution in [3.63, 3.8) is 0 Å².